The van der Waals surface area contributed by atoms with Crippen LogP contribution < -0.4 is 5.32 Å². The van der Waals surface area contributed by atoms with Crippen molar-refractivity contribution in [1.82, 2.24) is 18.8 Å². The Labute approximate surface area is 202 Å². The van der Waals surface area contributed by atoms with E-state index < -0.39 is 10.0 Å². The van der Waals surface area contributed by atoms with E-state index in [1.807, 2.05) is 0 Å². The van der Waals surface area contributed by atoms with Crippen molar-refractivity contribution in [2.75, 3.05) is 18.4 Å². The van der Waals surface area contributed by atoms with Gasteiger partial charge in [0.2, 0.25) is 0 Å². The van der Waals surface area contributed by atoms with Crippen molar-refractivity contribution < 1.29 is 17.2 Å². The molecule has 0 saturated carbocycles. The molecule has 3 heterocycles. The summed E-state index contributed by atoms with van der Waals surface area (Å²) in [5.41, 5.74) is 2.54. The summed E-state index contributed by atoms with van der Waals surface area (Å²) in [4.78, 5) is 8.00. The number of halogens is 2. The molecule has 0 spiro atoms. The van der Waals surface area contributed by atoms with Crippen molar-refractivity contribution in [3.8, 4) is 11.1 Å². The zero-order chi connectivity index (χ0) is 24.6. The molecule has 4 aromatic rings. The van der Waals surface area contributed by atoms with Crippen molar-refractivity contribution in [1.29, 1.82) is 0 Å². The highest BCUT2D eigenvalue weighted by Gasteiger charge is 2.41. The number of nitrogens with zero attached hydrogens (tertiary/aromatic N) is 4. The van der Waals surface area contributed by atoms with Crippen molar-refractivity contribution in [2.45, 2.75) is 17.0 Å². The number of imidazole rings is 1. The summed E-state index contributed by atoms with van der Waals surface area (Å²) in [6.45, 7) is 0.365. The Kier molecular flexibility index (Phi) is 6.08. The van der Waals surface area contributed by atoms with Gasteiger partial charge in [0.1, 0.15) is 11.6 Å². The quantitative estimate of drug-likeness (QED) is 0.437. The number of hydrogen-bond acceptors (Lipinski definition) is 5. The maximum Gasteiger partial charge on any atom is 0.262 e. The van der Waals surface area contributed by atoms with Crippen LogP contribution in [0.3, 0.4) is 0 Å². The largest absolute Gasteiger partial charge is 0.380 e. The number of rotatable bonds is 6. The summed E-state index contributed by atoms with van der Waals surface area (Å²) in [5, 5.41) is 3.36. The highest BCUT2D eigenvalue weighted by Crippen LogP contribution is 2.34. The third-order valence-electron chi connectivity index (χ3n) is 6.18. The van der Waals surface area contributed by atoms with Gasteiger partial charge >= 0.3 is 0 Å². The molecule has 5 rings (SSSR count). The van der Waals surface area contributed by atoms with Crippen LogP contribution in [0.4, 0.5) is 14.5 Å². The van der Waals surface area contributed by atoms with Crippen LogP contribution in [-0.4, -0.2) is 46.4 Å². The van der Waals surface area contributed by atoms with Crippen LogP contribution in [0.15, 0.2) is 84.5 Å². The maximum absolute atomic E-state index is 14.6. The van der Waals surface area contributed by atoms with Crippen LogP contribution in [0.1, 0.15) is 11.5 Å². The van der Waals surface area contributed by atoms with E-state index in [1.54, 1.807) is 60.4 Å². The van der Waals surface area contributed by atoms with E-state index in [-0.39, 0.29) is 41.7 Å². The third-order valence-corrected chi connectivity index (χ3v) is 7.90. The number of sulfonamides is 1. The van der Waals surface area contributed by atoms with Gasteiger partial charge in [-0.25, -0.2) is 22.2 Å². The number of aromatic nitrogens is 3. The number of nitrogens with one attached hydrogen (secondary N) is 1. The Hall–Kier alpha value is -3.63. The molecule has 0 bridgehead atoms. The van der Waals surface area contributed by atoms with E-state index in [2.05, 4.69) is 15.3 Å². The second-order valence-corrected chi connectivity index (χ2v) is 10.4. The number of pyridine rings is 1. The number of hydrogen-bond donors (Lipinski definition) is 1. The summed E-state index contributed by atoms with van der Waals surface area (Å²) < 4.78 is 57.7. The fourth-order valence-corrected chi connectivity index (χ4v) is 5.85. The highest BCUT2D eigenvalue weighted by molar-refractivity contribution is 7.89. The molecule has 180 valence electrons. The Balaban J connectivity index is 1.47. The minimum atomic E-state index is -3.83. The summed E-state index contributed by atoms with van der Waals surface area (Å²) in [6.07, 6.45) is 6.09. The minimum absolute atomic E-state index is 0.0275. The van der Waals surface area contributed by atoms with Crippen molar-refractivity contribution in [2.24, 2.45) is 7.05 Å². The van der Waals surface area contributed by atoms with E-state index >= 15 is 0 Å². The van der Waals surface area contributed by atoms with Gasteiger partial charge in [-0.3, -0.25) is 4.98 Å². The van der Waals surface area contributed by atoms with Gasteiger partial charge in [0, 0.05) is 61.9 Å². The Bertz CT molecular complexity index is 1440. The monoisotopic (exact) mass is 495 g/mol. The van der Waals surface area contributed by atoms with Gasteiger partial charge in [-0.05, 0) is 53.6 Å². The topological polar surface area (TPSA) is 80.1 Å². The molecule has 0 unspecified atom stereocenters. The summed E-state index contributed by atoms with van der Waals surface area (Å²) in [5.74, 6) is -0.999. The first kappa shape index (κ1) is 23.1. The van der Waals surface area contributed by atoms with Gasteiger partial charge in [-0.15, -0.1) is 0 Å². The second kappa shape index (κ2) is 9.20. The molecule has 0 radical (unpaired) electrons. The van der Waals surface area contributed by atoms with E-state index in [9.17, 15) is 17.2 Å². The molecule has 10 heteroatoms. The van der Waals surface area contributed by atoms with Crippen LogP contribution in [0.5, 0.6) is 0 Å². The van der Waals surface area contributed by atoms with Gasteiger partial charge < -0.3 is 9.88 Å². The van der Waals surface area contributed by atoms with Crippen LogP contribution in [0, 0.1) is 11.6 Å². The molecular formula is C25H23F2N5O2S. The molecule has 0 amide bonds. The molecule has 1 N–H and O–H groups in total. The molecule has 2 aromatic carbocycles. The molecule has 2 atom stereocenters. The van der Waals surface area contributed by atoms with Gasteiger partial charge in [0.05, 0.1) is 6.33 Å². The van der Waals surface area contributed by atoms with Crippen LogP contribution in [0.25, 0.3) is 11.1 Å². The van der Waals surface area contributed by atoms with Crippen LogP contribution in [-0.2, 0) is 17.1 Å². The number of anilines is 1. The normalized spacial score (nSPS) is 18.6. The Morgan fingerprint density at radius 1 is 1.00 bits per heavy atom. The van der Waals surface area contributed by atoms with Gasteiger partial charge in [-0.2, -0.15) is 4.31 Å². The molecule has 1 fully saturated rings. The van der Waals surface area contributed by atoms with E-state index in [0.29, 0.717) is 16.8 Å². The fraction of sp³-hybridized carbons (Fsp3) is 0.200. The lowest BCUT2D eigenvalue weighted by Gasteiger charge is -2.22. The van der Waals surface area contributed by atoms with Gasteiger partial charge in [0.25, 0.3) is 10.0 Å². The molecule has 35 heavy (non-hydrogen) atoms. The first-order valence-corrected chi connectivity index (χ1v) is 12.5. The average molecular weight is 496 g/mol. The second-order valence-electron chi connectivity index (χ2n) is 8.54. The number of aryl methyl sites for hydroxylation is 1. The third kappa shape index (κ3) is 4.67. The minimum Gasteiger partial charge on any atom is -0.380 e. The average Bonchev–Trinajstić information content (AvgIpc) is 3.49. The lowest BCUT2D eigenvalue weighted by molar-refractivity contribution is 0.468. The lowest BCUT2D eigenvalue weighted by Crippen LogP contribution is -2.32. The zero-order valence-electron chi connectivity index (χ0n) is 18.8. The van der Waals surface area contributed by atoms with Crippen molar-refractivity contribution >= 4 is 15.7 Å². The van der Waals surface area contributed by atoms with Crippen LogP contribution in [0.2, 0.25) is 0 Å². The van der Waals surface area contributed by atoms with Gasteiger partial charge in [0.15, 0.2) is 5.03 Å². The van der Waals surface area contributed by atoms with E-state index in [0.717, 1.165) is 5.56 Å². The molecular weight excluding hydrogens is 472 g/mol. The predicted molar refractivity (Wildman–Crippen MR) is 128 cm³/mol. The fourth-order valence-electron chi connectivity index (χ4n) is 4.39. The first-order chi connectivity index (χ1) is 16.8. The molecule has 1 aliphatic heterocycles. The van der Waals surface area contributed by atoms with Crippen LogP contribution >= 0.6 is 0 Å². The molecule has 1 aliphatic rings. The SMILES string of the molecule is Cn1cnc(S(=O)(=O)N2C[C@H](Nc3ccc(F)c(-c4ccncc4)c3)[C@@H](c3ccc(F)cc3)C2)c1. The first-order valence-electron chi connectivity index (χ1n) is 11.0. The molecule has 0 aliphatic carbocycles. The van der Waals surface area contributed by atoms with Crippen molar-refractivity contribution in [3.63, 3.8) is 0 Å². The maximum atomic E-state index is 14.6. The summed E-state index contributed by atoms with van der Waals surface area (Å²) in [6, 6.07) is 13.9. The Morgan fingerprint density at radius 3 is 2.43 bits per heavy atom. The lowest BCUT2D eigenvalue weighted by atomic mass is 9.94. The molecule has 7 nitrogen and oxygen atoms in total. The van der Waals surface area contributed by atoms with E-state index in [4.69, 9.17) is 0 Å². The number of benzene rings is 2. The Morgan fingerprint density at radius 2 is 1.74 bits per heavy atom. The summed E-state index contributed by atoms with van der Waals surface area (Å²) >= 11 is 0. The predicted octanol–water partition coefficient (Wildman–Crippen LogP) is 4.03. The highest BCUT2D eigenvalue weighted by atomic mass is 32.2. The summed E-state index contributed by atoms with van der Waals surface area (Å²) in [7, 11) is -2.12. The molecule has 2 aromatic heterocycles. The van der Waals surface area contributed by atoms with Gasteiger partial charge in [-0.1, -0.05) is 12.1 Å². The zero-order valence-corrected chi connectivity index (χ0v) is 19.7. The smallest absolute Gasteiger partial charge is 0.262 e. The molecule has 1 saturated heterocycles. The van der Waals surface area contributed by atoms with E-state index in [1.165, 1.54) is 35.0 Å². The standard InChI is InChI=1S/C25H23F2N5O2S/c1-31-15-25(29-16-31)35(33,34)32-13-22(17-2-4-19(26)5-3-17)24(14-32)30-20-6-7-23(27)21(12-20)18-8-10-28-11-9-18/h2-12,15-16,22,24,30H,13-14H2,1H3/t22-,24+/m1/s1. The van der Waals surface area contributed by atoms with Crippen molar-refractivity contribution in [3.05, 3.63) is 96.7 Å².